The Morgan fingerprint density at radius 2 is 1.94 bits per heavy atom. The second-order valence-electron chi connectivity index (χ2n) is 6.83. The number of anilines is 1. The number of aliphatic imine (C=N–C) groups is 1. The predicted octanol–water partition coefficient (Wildman–Crippen LogP) is 1.16. The molecule has 11 heteroatoms. The van der Waals surface area contributed by atoms with Crippen LogP contribution < -0.4 is 10.2 Å². The molecule has 0 saturated carbocycles. The van der Waals surface area contributed by atoms with Crippen molar-refractivity contribution in [1.82, 2.24) is 35.1 Å². The number of fused-ring (bicyclic) bond motifs is 1. The van der Waals surface area contributed by atoms with E-state index in [2.05, 4.69) is 49.3 Å². The van der Waals surface area contributed by atoms with Gasteiger partial charge in [-0.3, -0.25) is 10.3 Å². The highest BCUT2D eigenvalue weighted by Gasteiger charge is 2.33. The standard InChI is InChI=1S/C20H24N10O/c1-5-29(6-2)15-8-7-13(12(3)24-15)25-16-17(20(31)21-4)28-30-18(26-27-19(16)30)14-11-22-9-10-23-14/h7-11,20-21,31H,5-6H2,1-4H3. The van der Waals surface area contributed by atoms with Crippen LogP contribution >= 0.6 is 0 Å². The van der Waals surface area contributed by atoms with Crippen molar-refractivity contribution in [3.8, 4) is 11.5 Å². The van der Waals surface area contributed by atoms with Crippen LogP contribution in [0.3, 0.4) is 0 Å². The molecule has 3 aromatic heterocycles. The van der Waals surface area contributed by atoms with Crippen LogP contribution in [0.5, 0.6) is 0 Å². The van der Waals surface area contributed by atoms with Crippen LogP contribution in [0.2, 0.25) is 0 Å². The molecule has 2 N–H and O–H groups in total. The van der Waals surface area contributed by atoms with Crippen LogP contribution in [0.4, 0.5) is 11.5 Å². The first-order valence-corrected chi connectivity index (χ1v) is 10.0. The second kappa shape index (κ2) is 8.66. The Balaban J connectivity index is 1.79. The topological polar surface area (TPSA) is 130 Å². The van der Waals surface area contributed by atoms with Gasteiger partial charge in [-0.15, -0.1) is 10.2 Å². The van der Waals surface area contributed by atoms with Gasteiger partial charge in [-0.2, -0.15) is 9.78 Å². The zero-order valence-electron chi connectivity index (χ0n) is 17.9. The number of nitrogens with zero attached hydrogens (tertiary/aromatic N) is 9. The van der Waals surface area contributed by atoms with Crippen LogP contribution in [0, 0.1) is 6.92 Å². The number of aryl methyl sites for hydroxylation is 1. The number of hydrogen-bond donors (Lipinski definition) is 2. The molecule has 0 aliphatic carbocycles. The summed E-state index contributed by atoms with van der Waals surface area (Å²) in [6.45, 7) is 7.84. The third-order valence-electron chi connectivity index (χ3n) is 4.99. The van der Waals surface area contributed by atoms with Crippen molar-refractivity contribution in [2.75, 3.05) is 25.0 Å². The van der Waals surface area contributed by atoms with Crippen molar-refractivity contribution in [2.45, 2.75) is 27.0 Å². The van der Waals surface area contributed by atoms with Crippen LogP contribution in [0.1, 0.15) is 25.4 Å². The Bertz CT molecular complexity index is 1130. The molecular formula is C20H24N10O. The van der Waals surface area contributed by atoms with Gasteiger partial charge in [-0.05, 0) is 40.0 Å². The fourth-order valence-corrected chi connectivity index (χ4v) is 3.30. The highest BCUT2D eigenvalue weighted by molar-refractivity contribution is 6.50. The highest BCUT2D eigenvalue weighted by atomic mass is 16.3. The summed E-state index contributed by atoms with van der Waals surface area (Å²) in [6.07, 6.45) is 3.70. The number of hydrogen-bond acceptors (Lipinski definition) is 10. The highest BCUT2D eigenvalue weighted by Crippen LogP contribution is 2.26. The Morgan fingerprint density at radius 1 is 1.16 bits per heavy atom. The van der Waals surface area contributed by atoms with E-state index in [1.54, 1.807) is 25.6 Å². The monoisotopic (exact) mass is 420 g/mol. The molecule has 4 heterocycles. The number of rotatable bonds is 7. The van der Waals surface area contributed by atoms with E-state index in [4.69, 9.17) is 9.98 Å². The van der Waals surface area contributed by atoms with Crippen molar-refractivity contribution in [1.29, 1.82) is 0 Å². The third-order valence-corrected chi connectivity index (χ3v) is 4.99. The lowest BCUT2D eigenvalue weighted by Gasteiger charge is -2.20. The summed E-state index contributed by atoms with van der Waals surface area (Å²) in [5.41, 5.74) is 2.71. The van der Waals surface area contributed by atoms with E-state index in [0.717, 1.165) is 24.6 Å². The first kappa shape index (κ1) is 20.7. The molecule has 0 amide bonds. The molecule has 11 nitrogen and oxygen atoms in total. The number of aromatic nitrogens is 6. The molecule has 4 rings (SSSR count). The molecule has 0 fully saturated rings. The van der Waals surface area contributed by atoms with Gasteiger partial charge in [0.15, 0.2) is 6.23 Å². The van der Waals surface area contributed by atoms with Crippen molar-refractivity contribution in [3.63, 3.8) is 0 Å². The molecule has 160 valence electrons. The summed E-state index contributed by atoms with van der Waals surface area (Å²) < 4.78 is 1.52. The lowest BCUT2D eigenvalue weighted by Crippen LogP contribution is -2.37. The summed E-state index contributed by atoms with van der Waals surface area (Å²) in [4.78, 5) is 20.0. The van der Waals surface area contributed by atoms with Crippen LogP contribution in [0.15, 0.2) is 40.8 Å². The maximum atomic E-state index is 10.5. The minimum absolute atomic E-state index is 0.338. The van der Waals surface area contributed by atoms with E-state index in [1.807, 2.05) is 19.1 Å². The average Bonchev–Trinajstić information content (AvgIpc) is 3.36. The smallest absolute Gasteiger partial charge is 0.205 e. The van der Waals surface area contributed by atoms with E-state index >= 15 is 0 Å². The fraction of sp³-hybridized carbons (Fsp3) is 0.350. The Labute approximate surface area is 179 Å². The first-order chi connectivity index (χ1) is 15.1. The molecule has 1 aliphatic heterocycles. The van der Waals surface area contributed by atoms with Crippen molar-refractivity contribution < 1.29 is 5.11 Å². The minimum Gasteiger partial charge on any atom is -0.373 e. The number of nitrogens with one attached hydrogen (secondary N) is 1. The van der Waals surface area contributed by atoms with E-state index < -0.39 is 6.23 Å². The number of aliphatic hydroxyl groups excluding tert-OH is 1. The van der Waals surface area contributed by atoms with Crippen molar-refractivity contribution in [3.05, 3.63) is 42.2 Å². The van der Waals surface area contributed by atoms with E-state index in [9.17, 15) is 5.11 Å². The van der Waals surface area contributed by atoms with E-state index in [-0.39, 0.29) is 0 Å². The molecule has 0 radical (unpaired) electrons. The molecular weight excluding hydrogens is 396 g/mol. The van der Waals surface area contributed by atoms with Crippen LogP contribution in [-0.4, -0.2) is 72.7 Å². The quantitative estimate of drug-likeness (QED) is 0.545. The van der Waals surface area contributed by atoms with Crippen molar-refractivity contribution >= 4 is 22.9 Å². The van der Waals surface area contributed by atoms with E-state index in [0.29, 0.717) is 34.5 Å². The number of aliphatic hydroxyl groups is 1. The molecule has 1 unspecified atom stereocenters. The lowest BCUT2D eigenvalue weighted by atomic mass is 10.2. The normalized spacial score (nSPS) is 15.1. The molecule has 1 atom stereocenters. The van der Waals surface area contributed by atoms with Gasteiger partial charge >= 0.3 is 0 Å². The van der Waals surface area contributed by atoms with Crippen LogP contribution in [0.25, 0.3) is 11.5 Å². The van der Waals surface area contributed by atoms with Gasteiger partial charge in [0.2, 0.25) is 11.6 Å². The summed E-state index contributed by atoms with van der Waals surface area (Å²) >= 11 is 0. The molecule has 0 bridgehead atoms. The Hall–Kier alpha value is -3.57. The van der Waals surface area contributed by atoms with Gasteiger partial charge in [-0.25, -0.2) is 15.0 Å². The largest absolute Gasteiger partial charge is 0.373 e. The maximum Gasteiger partial charge on any atom is 0.205 e. The zero-order valence-corrected chi connectivity index (χ0v) is 17.9. The molecule has 0 spiro atoms. The van der Waals surface area contributed by atoms with Gasteiger partial charge in [-0.1, -0.05) is 0 Å². The lowest BCUT2D eigenvalue weighted by molar-refractivity contribution is 0.216. The predicted molar refractivity (Wildman–Crippen MR) is 118 cm³/mol. The summed E-state index contributed by atoms with van der Waals surface area (Å²) in [5, 5.41) is 26.2. The zero-order chi connectivity index (χ0) is 22.0. The Kier molecular flexibility index (Phi) is 5.78. The van der Waals surface area contributed by atoms with Gasteiger partial charge in [0.1, 0.15) is 22.9 Å². The molecule has 0 saturated heterocycles. The third kappa shape index (κ3) is 3.80. The SMILES string of the molecule is CCN(CC)c1ccc(N=C2C(C(O)NC)=Nn3c2nnc3-c2cnccn2)c(C)n1. The van der Waals surface area contributed by atoms with Crippen LogP contribution in [-0.2, 0) is 0 Å². The van der Waals surface area contributed by atoms with E-state index in [1.165, 1.54) is 4.68 Å². The second-order valence-corrected chi connectivity index (χ2v) is 6.83. The van der Waals surface area contributed by atoms with Gasteiger partial charge in [0, 0.05) is 25.5 Å². The maximum absolute atomic E-state index is 10.5. The summed E-state index contributed by atoms with van der Waals surface area (Å²) in [6, 6.07) is 3.85. The number of pyridine rings is 1. The summed E-state index contributed by atoms with van der Waals surface area (Å²) in [7, 11) is 1.64. The van der Waals surface area contributed by atoms with Crippen molar-refractivity contribution in [2.24, 2.45) is 10.1 Å². The average molecular weight is 420 g/mol. The molecule has 0 aromatic carbocycles. The molecule has 31 heavy (non-hydrogen) atoms. The minimum atomic E-state index is -1.03. The van der Waals surface area contributed by atoms with Gasteiger partial charge in [0.25, 0.3) is 0 Å². The van der Waals surface area contributed by atoms with Gasteiger partial charge < -0.3 is 10.0 Å². The Morgan fingerprint density at radius 3 is 2.58 bits per heavy atom. The van der Waals surface area contributed by atoms with Gasteiger partial charge in [0.05, 0.1) is 17.6 Å². The molecule has 3 aromatic rings. The first-order valence-electron chi connectivity index (χ1n) is 10.0. The fourth-order valence-electron chi connectivity index (χ4n) is 3.30. The summed E-state index contributed by atoms with van der Waals surface area (Å²) in [5.74, 6) is 1.73. The molecule has 1 aliphatic rings.